The lowest BCUT2D eigenvalue weighted by molar-refractivity contribution is -0.482. The molecule has 3 aromatic carbocycles. The van der Waals surface area contributed by atoms with E-state index in [1.165, 1.54) is 0 Å². The van der Waals surface area contributed by atoms with Crippen molar-refractivity contribution in [3.63, 3.8) is 0 Å². The second kappa shape index (κ2) is 9.64. The van der Waals surface area contributed by atoms with Crippen molar-refractivity contribution in [3.05, 3.63) is 89.5 Å². The molecule has 3 fully saturated rings. The molecular formula is C31H33NO7. The van der Waals surface area contributed by atoms with Gasteiger partial charge < -0.3 is 34.1 Å². The lowest BCUT2D eigenvalue weighted by atomic mass is 9.84. The first-order chi connectivity index (χ1) is 18.7. The van der Waals surface area contributed by atoms with Crippen LogP contribution in [0.1, 0.15) is 36.5 Å². The summed E-state index contributed by atoms with van der Waals surface area (Å²) < 4.78 is 29.2. The van der Waals surface area contributed by atoms with Crippen LogP contribution in [0.25, 0.3) is 11.1 Å². The second-order valence-corrected chi connectivity index (χ2v) is 11.1. The minimum absolute atomic E-state index is 0.101. The highest BCUT2D eigenvalue weighted by molar-refractivity contribution is 5.79. The predicted molar refractivity (Wildman–Crippen MR) is 143 cm³/mol. The third-order valence-corrected chi connectivity index (χ3v) is 8.06. The molecule has 8 nitrogen and oxygen atoms in total. The lowest BCUT2D eigenvalue weighted by Gasteiger charge is -2.55. The van der Waals surface area contributed by atoms with E-state index < -0.39 is 23.7 Å². The highest BCUT2D eigenvalue weighted by Gasteiger charge is 2.61. The smallest absolute Gasteiger partial charge is 0.407 e. The van der Waals surface area contributed by atoms with Gasteiger partial charge in [0.05, 0.1) is 26.9 Å². The Balaban J connectivity index is 1.25. The molecule has 4 aliphatic rings. The molecule has 3 aromatic rings. The Morgan fingerprint density at radius 2 is 1.51 bits per heavy atom. The number of carbonyl (C=O) groups is 1. The summed E-state index contributed by atoms with van der Waals surface area (Å²) in [6, 6.07) is 22.1. The fourth-order valence-electron chi connectivity index (χ4n) is 5.75. The van der Waals surface area contributed by atoms with Crippen LogP contribution in [0, 0.1) is 5.41 Å². The first kappa shape index (κ1) is 25.8. The van der Waals surface area contributed by atoms with Gasteiger partial charge in [0.25, 0.3) is 0 Å². The van der Waals surface area contributed by atoms with Crippen LogP contribution in [0.5, 0.6) is 5.75 Å². The summed E-state index contributed by atoms with van der Waals surface area (Å²) in [5.41, 5.74) is 3.09. The molecule has 1 aliphatic carbocycles. The zero-order valence-corrected chi connectivity index (χ0v) is 22.3. The summed E-state index contributed by atoms with van der Waals surface area (Å²) in [7, 11) is 1.57. The molecule has 0 saturated carbocycles. The summed E-state index contributed by atoms with van der Waals surface area (Å²) in [5.74, 6) is -1.13. The molecule has 0 aromatic heterocycles. The van der Waals surface area contributed by atoms with Crippen molar-refractivity contribution in [2.75, 3.05) is 33.5 Å². The number of rotatable bonds is 7. The number of methoxy groups -OCH3 is 1. The molecule has 2 bridgehead atoms. The zero-order valence-electron chi connectivity index (χ0n) is 22.3. The maximum Gasteiger partial charge on any atom is 0.407 e. The van der Waals surface area contributed by atoms with Crippen LogP contribution in [0.15, 0.2) is 72.8 Å². The largest absolute Gasteiger partial charge is 0.497 e. The Morgan fingerprint density at radius 3 is 2.05 bits per heavy atom. The maximum atomic E-state index is 13.4. The van der Waals surface area contributed by atoms with E-state index in [1.807, 2.05) is 31.2 Å². The van der Waals surface area contributed by atoms with E-state index in [0.29, 0.717) is 31.1 Å². The van der Waals surface area contributed by atoms with E-state index in [0.717, 1.165) is 22.3 Å². The minimum Gasteiger partial charge on any atom is -0.497 e. The number of hydrogen-bond acceptors (Lipinski definition) is 7. The van der Waals surface area contributed by atoms with E-state index in [4.69, 9.17) is 23.7 Å². The van der Waals surface area contributed by atoms with Gasteiger partial charge in [-0.05, 0) is 46.9 Å². The summed E-state index contributed by atoms with van der Waals surface area (Å²) in [6.45, 7) is 4.84. The highest BCUT2D eigenvalue weighted by atomic mass is 16.9. The summed E-state index contributed by atoms with van der Waals surface area (Å²) in [4.78, 5) is 13.4. The normalized spacial score (nSPS) is 25.7. The average molecular weight is 532 g/mol. The number of fused-ring (bicyclic) bond motifs is 6. The average Bonchev–Trinajstić information content (AvgIpc) is 3.29. The molecule has 204 valence electrons. The first-order valence-corrected chi connectivity index (χ1v) is 13.1. The molecule has 2 atom stereocenters. The molecule has 0 radical (unpaired) electrons. The number of aliphatic hydroxyl groups is 1. The number of alkyl carbamates (subject to hydrolysis) is 1. The van der Waals surface area contributed by atoms with Crippen LogP contribution < -0.4 is 10.1 Å². The number of hydrogen-bond donors (Lipinski definition) is 2. The molecule has 0 unspecified atom stereocenters. The first-order valence-electron chi connectivity index (χ1n) is 13.1. The van der Waals surface area contributed by atoms with E-state index in [9.17, 15) is 9.90 Å². The fourth-order valence-corrected chi connectivity index (χ4v) is 5.75. The van der Waals surface area contributed by atoms with Crippen molar-refractivity contribution in [1.82, 2.24) is 5.32 Å². The zero-order chi connectivity index (χ0) is 27.3. The van der Waals surface area contributed by atoms with E-state index in [1.54, 1.807) is 38.3 Å². The van der Waals surface area contributed by atoms with Crippen molar-refractivity contribution < 1.29 is 33.6 Å². The van der Waals surface area contributed by atoms with Gasteiger partial charge in [-0.3, -0.25) is 0 Å². The number of carbonyl (C=O) groups excluding carboxylic acids is 1. The molecule has 3 heterocycles. The minimum atomic E-state index is -1.67. The Kier molecular flexibility index (Phi) is 6.38. The Morgan fingerprint density at radius 1 is 0.974 bits per heavy atom. The van der Waals surface area contributed by atoms with E-state index in [2.05, 4.69) is 29.6 Å². The lowest BCUT2D eigenvalue weighted by Crippen LogP contribution is -2.72. The third kappa shape index (κ3) is 4.47. The number of amides is 1. The monoisotopic (exact) mass is 531 g/mol. The molecule has 39 heavy (non-hydrogen) atoms. The Bertz CT molecular complexity index is 1300. The van der Waals surface area contributed by atoms with Gasteiger partial charge in [0.15, 0.2) is 0 Å². The summed E-state index contributed by atoms with van der Waals surface area (Å²) in [5, 5.41) is 14.7. The molecule has 3 aliphatic heterocycles. The molecule has 8 heteroatoms. The SMILES string of the molecule is COc1ccc([C@@](C)(O)[C@H](NC(=O)OCC2c3ccccc3-c3ccccc32)C23OCC(C)(CO2)CO3)cc1. The van der Waals surface area contributed by atoms with Crippen LogP contribution in [-0.2, 0) is 24.5 Å². The van der Waals surface area contributed by atoms with Crippen LogP contribution in [0.4, 0.5) is 4.79 Å². The fraction of sp³-hybridized carbons (Fsp3) is 0.387. The van der Waals surface area contributed by atoms with Gasteiger partial charge in [-0.2, -0.15) is 0 Å². The van der Waals surface area contributed by atoms with Gasteiger partial charge in [0, 0.05) is 11.3 Å². The van der Waals surface area contributed by atoms with Gasteiger partial charge in [0.1, 0.15) is 24.0 Å². The van der Waals surface area contributed by atoms with Gasteiger partial charge in [-0.15, -0.1) is 0 Å². The van der Waals surface area contributed by atoms with Crippen molar-refractivity contribution in [2.24, 2.45) is 5.41 Å². The summed E-state index contributed by atoms with van der Waals surface area (Å²) in [6.07, 6.45) is -0.709. The van der Waals surface area contributed by atoms with Crippen molar-refractivity contribution in [3.8, 4) is 16.9 Å². The Hall–Kier alpha value is -3.43. The van der Waals surface area contributed by atoms with Gasteiger partial charge >= 0.3 is 12.1 Å². The molecule has 7 rings (SSSR count). The topological polar surface area (TPSA) is 95.5 Å². The van der Waals surface area contributed by atoms with Crippen LogP contribution in [0.2, 0.25) is 0 Å². The van der Waals surface area contributed by atoms with Crippen LogP contribution in [0.3, 0.4) is 0 Å². The molecule has 0 spiro atoms. The maximum absolute atomic E-state index is 13.4. The predicted octanol–water partition coefficient (Wildman–Crippen LogP) is 4.55. The van der Waals surface area contributed by atoms with Crippen molar-refractivity contribution >= 4 is 6.09 Å². The molecule has 3 saturated heterocycles. The second-order valence-electron chi connectivity index (χ2n) is 11.1. The van der Waals surface area contributed by atoms with Gasteiger partial charge in [-0.1, -0.05) is 67.6 Å². The number of nitrogens with one attached hydrogen (secondary N) is 1. The van der Waals surface area contributed by atoms with Gasteiger partial charge in [-0.25, -0.2) is 4.79 Å². The van der Waals surface area contributed by atoms with Crippen LogP contribution in [-0.4, -0.2) is 56.8 Å². The van der Waals surface area contributed by atoms with Crippen LogP contribution >= 0.6 is 0 Å². The van der Waals surface area contributed by atoms with E-state index >= 15 is 0 Å². The van der Waals surface area contributed by atoms with E-state index in [-0.39, 0.29) is 17.9 Å². The number of ether oxygens (including phenoxy) is 5. The quantitative estimate of drug-likeness (QED) is 0.462. The van der Waals surface area contributed by atoms with Gasteiger partial charge in [0.2, 0.25) is 0 Å². The third-order valence-electron chi connectivity index (χ3n) is 8.06. The highest BCUT2D eigenvalue weighted by Crippen LogP contribution is 2.46. The number of benzene rings is 3. The standard InChI is InChI=1S/C31H33NO7/c1-29-17-37-31(38-18-29,39-19-29)27(30(2,34)20-12-14-21(35-3)15-13-20)32-28(33)36-16-26-24-10-6-4-8-22(24)23-9-5-7-11-25(23)26/h4-15,26-27,34H,16-19H2,1-3H3,(H,32,33)/t27-,29?,30+,31?/m0/s1. The van der Waals surface area contributed by atoms with Crippen molar-refractivity contribution in [2.45, 2.75) is 37.4 Å². The van der Waals surface area contributed by atoms with Crippen molar-refractivity contribution in [1.29, 1.82) is 0 Å². The molecule has 2 N–H and O–H groups in total. The molecule has 1 amide bonds. The summed E-state index contributed by atoms with van der Waals surface area (Å²) >= 11 is 0. The molecular weight excluding hydrogens is 498 g/mol. The Labute approximate surface area is 227 Å².